The topological polar surface area (TPSA) is 66.4 Å². The lowest BCUT2D eigenvalue weighted by atomic mass is 9.94. The number of likely N-dealkylation sites (tertiary alicyclic amines) is 1. The quantitative estimate of drug-likeness (QED) is 0.690. The highest BCUT2D eigenvalue weighted by atomic mass is 16.2. The summed E-state index contributed by atoms with van der Waals surface area (Å²) in [5.41, 5.74) is 3.78. The van der Waals surface area contributed by atoms with Crippen LogP contribution in [0.2, 0.25) is 0 Å². The number of aromatic nitrogens is 1. The standard InChI is InChI=1S/C24H34N4O2/c1-16(2)13-19-18-7-4-8-21-23(18)17(15-27(21)3)14-20(26-19)24(30)25-10-6-12-28-11-5-9-22(28)29/h4,7-8,15-16,19-20,26H,5-6,9-14H2,1-3H3,(H,25,30)/t19-,20-/m0/s1. The molecule has 0 aliphatic carbocycles. The Morgan fingerprint density at radius 2 is 2.17 bits per heavy atom. The first kappa shape index (κ1) is 20.9. The number of benzene rings is 1. The van der Waals surface area contributed by atoms with Gasteiger partial charge in [0, 0.05) is 56.2 Å². The number of hydrogen-bond acceptors (Lipinski definition) is 3. The molecule has 1 fully saturated rings. The highest BCUT2D eigenvalue weighted by Crippen LogP contribution is 2.35. The lowest BCUT2D eigenvalue weighted by Gasteiger charge is -2.25. The largest absolute Gasteiger partial charge is 0.355 e. The predicted octanol–water partition coefficient (Wildman–Crippen LogP) is 2.91. The summed E-state index contributed by atoms with van der Waals surface area (Å²) >= 11 is 0. The van der Waals surface area contributed by atoms with Gasteiger partial charge in [-0.15, -0.1) is 0 Å². The van der Waals surface area contributed by atoms with E-state index in [9.17, 15) is 9.59 Å². The number of rotatable bonds is 7. The summed E-state index contributed by atoms with van der Waals surface area (Å²) in [5, 5.41) is 8.08. The molecule has 30 heavy (non-hydrogen) atoms. The molecule has 0 spiro atoms. The molecule has 0 bridgehead atoms. The Morgan fingerprint density at radius 1 is 1.33 bits per heavy atom. The second-order valence-corrected chi connectivity index (χ2v) is 9.24. The maximum Gasteiger partial charge on any atom is 0.237 e. The van der Waals surface area contributed by atoms with Crippen molar-refractivity contribution in [3.8, 4) is 0 Å². The molecule has 3 heterocycles. The number of nitrogens with one attached hydrogen (secondary N) is 2. The van der Waals surface area contributed by atoms with E-state index in [1.165, 1.54) is 22.0 Å². The summed E-state index contributed by atoms with van der Waals surface area (Å²) in [4.78, 5) is 26.7. The molecule has 2 aliphatic heterocycles. The van der Waals surface area contributed by atoms with Gasteiger partial charge in [-0.3, -0.25) is 14.9 Å². The Hall–Kier alpha value is -2.34. The van der Waals surface area contributed by atoms with Crippen molar-refractivity contribution in [3.05, 3.63) is 35.5 Å². The second-order valence-electron chi connectivity index (χ2n) is 9.24. The maximum atomic E-state index is 13.1. The first-order valence-corrected chi connectivity index (χ1v) is 11.3. The summed E-state index contributed by atoms with van der Waals surface area (Å²) in [7, 11) is 2.08. The fraction of sp³-hybridized carbons (Fsp3) is 0.583. The molecule has 6 nitrogen and oxygen atoms in total. The molecule has 2 amide bonds. The molecule has 0 saturated carbocycles. The van der Waals surface area contributed by atoms with E-state index in [2.05, 4.69) is 60.5 Å². The minimum Gasteiger partial charge on any atom is -0.355 e. The summed E-state index contributed by atoms with van der Waals surface area (Å²) in [5.74, 6) is 0.834. The van der Waals surface area contributed by atoms with Crippen molar-refractivity contribution in [2.45, 2.75) is 58.0 Å². The van der Waals surface area contributed by atoms with E-state index in [4.69, 9.17) is 0 Å². The summed E-state index contributed by atoms with van der Waals surface area (Å²) in [6.07, 6.45) is 6.29. The van der Waals surface area contributed by atoms with Crippen LogP contribution < -0.4 is 10.6 Å². The second kappa shape index (κ2) is 8.80. The molecule has 4 rings (SSSR count). The van der Waals surface area contributed by atoms with E-state index >= 15 is 0 Å². The summed E-state index contributed by atoms with van der Waals surface area (Å²) in [6.45, 7) is 6.65. The number of nitrogens with zero attached hydrogens (tertiary/aromatic N) is 2. The fourth-order valence-electron chi connectivity index (χ4n) is 5.01. The molecule has 2 aromatic rings. The van der Waals surface area contributed by atoms with Crippen LogP contribution in [0.25, 0.3) is 10.9 Å². The van der Waals surface area contributed by atoms with Gasteiger partial charge in [0.25, 0.3) is 0 Å². The van der Waals surface area contributed by atoms with Crippen molar-refractivity contribution in [1.82, 2.24) is 20.1 Å². The van der Waals surface area contributed by atoms with Crippen molar-refractivity contribution >= 4 is 22.7 Å². The zero-order chi connectivity index (χ0) is 21.3. The number of hydrogen-bond donors (Lipinski definition) is 2. The van der Waals surface area contributed by atoms with Gasteiger partial charge in [-0.05, 0) is 48.8 Å². The molecule has 2 N–H and O–H groups in total. The SMILES string of the molecule is CC(C)C[C@@H]1N[C@H](C(=O)NCCCN2CCCC2=O)Cc2cn(C)c3cccc1c23. The maximum absolute atomic E-state index is 13.1. The van der Waals surface area contributed by atoms with E-state index in [0.717, 1.165) is 32.4 Å². The van der Waals surface area contributed by atoms with Crippen molar-refractivity contribution in [3.63, 3.8) is 0 Å². The monoisotopic (exact) mass is 410 g/mol. The van der Waals surface area contributed by atoms with Crippen molar-refractivity contribution in [2.75, 3.05) is 19.6 Å². The van der Waals surface area contributed by atoms with Gasteiger partial charge in [0.1, 0.15) is 0 Å². The van der Waals surface area contributed by atoms with Gasteiger partial charge in [0.2, 0.25) is 11.8 Å². The molecular weight excluding hydrogens is 376 g/mol. The number of carbonyl (C=O) groups excluding carboxylic acids is 2. The van der Waals surface area contributed by atoms with Crippen molar-refractivity contribution < 1.29 is 9.59 Å². The molecule has 0 unspecified atom stereocenters. The Balaban J connectivity index is 1.46. The third-order valence-corrected chi connectivity index (χ3v) is 6.43. The molecule has 2 atom stereocenters. The van der Waals surface area contributed by atoms with Gasteiger partial charge in [0.05, 0.1) is 6.04 Å². The van der Waals surface area contributed by atoms with Crippen LogP contribution in [0.15, 0.2) is 24.4 Å². The predicted molar refractivity (Wildman–Crippen MR) is 119 cm³/mol. The van der Waals surface area contributed by atoms with E-state index in [0.29, 0.717) is 25.3 Å². The van der Waals surface area contributed by atoms with Gasteiger partial charge in [0.15, 0.2) is 0 Å². The Kier molecular flexibility index (Phi) is 6.14. The van der Waals surface area contributed by atoms with Crippen molar-refractivity contribution in [1.29, 1.82) is 0 Å². The van der Waals surface area contributed by atoms with E-state index in [1.54, 1.807) is 0 Å². The van der Waals surface area contributed by atoms with Crippen LogP contribution in [0.1, 0.15) is 56.7 Å². The first-order chi connectivity index (χ1) is 14.4. The van der Waals surface area contributed by atoms with Crippen LogP contribution in [0.4, 0.5) is 0 Å². The molecule has 2 aliphatic rings. The number of aryl methyl sites for hydroxylation is 1. The molecular formula is C24H34N4O2. The average Bonchev–Trinajstić information content (AvgIpc) is 3.21. The lowest BCUT2D eigenvalue weighted by molar-refractivity contribution is -0.127. The highest BCUT2D eigenvalue weighted by molar-refractivity contribution is 5.90. The first-order valence-electron chi connectivity index (χ1n) is 11.3. The summed E-state index contributed by atoms with van der Waals surface area (Å²) in [6, 6.07) is 6.40. The number of amides is 2. The van der Waals surface area contributed by atoms with Gasteiger partial charge >= 0.3 is 0 Å². The zero-order valence-electron chi connectivity index (χ0n) is 18.4. The van der Waals surface area contributed by atoms with Crippen LogP contribution in [0.5, 0.6) is 0 Å². The molecule has 162 valence electrons. The molecule has 1 saturated heterocycles. The minimum atomic E-state index is -0.250. The third kappa shape index (κ3) is 4.24. The molecule has 6 heteroatoms. The van der Waals surface area contributed by atoms with Crippen LogP contribution in [-0.2, 0) is 23.1 Å². The van der Waals surface area contributed by atoms with Crippen LogP contribution in [-0.4, -0.2) is 47.0 Å². The zero-order valence-corrected chi connectivity index (χ0v) is 18.4. The Labute approximate surface area is 179 Å². The number of carbonyl (C=O) groups is 2. The van der Waals surface area contributed by atoms with Gasteiger partial charge in [-0.25, -0.2) is 0 Å². The van der Waals surface area contributed by atoms with Gasteiger partial charge in [-0.2, -0.15) is 0 Å². The minimum absolute atomic E-state index is 0.0568. The van der Waals surface area contributed by atoms with Gasteiger partial charge in [-0.1, -0.05) is 26.0 Å². The molecule has 1 aromatic carbocycles. The fourth-order valence-corrected chi connectivity index (χ4v) is 5.01. The average molecular weight is 411 g/mol. The van der Waals surface area contributed by atoms with Crippen LogP contribution >= 0.6 is 0 Å². The molecule has 0 radical (unpaired) electrons. The van der Waals surface area contributed by atoms with E-state index in [1.807, 2.05) is 4.90 Å². The lowest BCUT2D eigenvalue weighted by Crippen LogP contribution is -2.47. The molecule has 1 aromatic heterocycles. The van der Waals surface area contributed by atoms with Crippen molar-refractivity contribution in [2.24, 2.45) is 13.0 Å². The Bertz CT molecular complexity index is 933. The normalized spacial score (nSPS) is 21.5. The highest BCUT2D eigenvalue weighted by Gasteiger charge is 2.30. The van der Waals surface area contributed by atoms with Crippen LogP contribution in [0, 0.1) is 5.92 Å². The van der Waals surface area contributed by atoms with E-state index < -0.39 is 0 Å². The van der Waals surface area contributed by atoms with Gasteiger partial charge < -0.3 is 14.8 Å². The summed E-state index contributed by atoms with van der Waals surface area (Å²) < 4.78 is 2.17. The van der Waals surface area contributed by atoms with E-state index in [-0.39, 0.29) is 23.9 Å². The third-order valence-electron chi connectivity index (χ3n) is 6.43. The van der Waals surface area contributed by atoms with Crippen LogP contribution in [0.3, 0.4) is 0 Å². The Morgan fingerprint density at radius 3 is 2.90 bits per heavy atom. The smallest absolute Gasteiger partial charge is 0.237 e.